The molecule has 0 bridgehead atoms. The fraction of sp³-hybridized carbons (Fsp3) is 0.500. The van der Waals surface area contributed by atoms with Crippen LogP contribution in [-0.4, -0.2) is 52.9 Å². The molecule has 9 heteroatoms. The van der Waals surface area contributed by atoms with Gasteiger partial charge < -0.3 is 9.88 Å². The highest BCUT2D eigenvalue weighted by atomic mass is 35.5. The summed E-state index contributed by atoms with van der Waals surface area (Å²) < 4.78 is 23.2. The molecule has 0 radical (unpaired) electrons. The molecule has 0 unspecified atom stereocenters. The maximum Gasteiger partial charge on any atom is 0.226 e. The molecule has 7 nitrogen and oxygen atoms in total. The SMILES string of the molecule is O=S1(=O)CCCN(c2nc(Cl)nc3nc[nH]c23)CC1. The van der Waals surface area contributed by atoms with Gasteiger partial charge in [-0.15, -0.1) is 0 Å². The Hall–Kier alpha value is -1.41. The van der Waals surface area contributed by atoms with Crippen LogP contribution in [0.1, 0.15) is 6.42 Å². The van der Waals surface area contributed by atoms with Crippen LogP contribution in [0.4, 0.5) is 5.82 Å². The van der Waals surface area contributed by atoms with E-state index in [2.05, 4.69) is 19.9 Å². The number of H-pyrrole nitrogens is 1. The summed E-state index contributed by atoms with van der Waals surface area (Å²) in [7, 11) is -2.95. The number of nitrogens with one attached hydrogen (secondary N) is 1. The number of sulfone groups is 1. The van der Waals surface area contributed by atoms with Gasteiger partial charge in [-0.25, -0.2) is 13.4 Å². The summed E-state index contributed by atoms with van der Waals surface area (Å²) in [6.07, 6.45) is 2.10. The van der Waals surface area contributed by atoms with Gasteiger partial charge in [-0.3, -0.25) is 0 Å². The number of aromatic amines is 1. The third-order valence-corrected chi connectivity index (χ3v) is 4.98. The zero-order valence-corrected chi connectivity index (χ0v) is 11.6. The highest BCUT2D eigenvalue weighted by Gasteiger charge is 2.22. The first-order valence-corrected chi connectivity index (χ1v) is 8.07. The topological polar surface area (TPSA) is 91.8 Å². The molecular weight excluding hydrogens is 290 g/mol. The second-order valence-corrected chi connectivity index (χ2v) is 7.05. The molecule has 0 aliphatic carbocycles. The Morgan fingerprint density at radius 2 is 2.11 bits per heavy atom. The van der Waals surface area contributed by atoms with Gasteiger partial charge in [0.15, 0.2) is 21.3 Å². The molecule has 2 aromatic heterocycles. The zero-order valence-electron chi connectivity index (χ0n) is 10.0. The average molecular weight is 302 g/mol. The van der Waals surface area contributed by atoms with Crippen LogP contribution in [-0.2, 0) is 9.84 Å². The molecule has 3 rings (SSSR count). The summed E-state index contributed by atoms with van der Waals surface area (Å²) in [6, 6.07) is 0. The fourth-order valence-electron chi connectivity index (χ4n) is 2.17. The van der Waals surface area contributed by atoms with Crippen molar-refractivity contribution < 1.29 is 8.42 Å². The summed E-state index contributed by atoms with van der Waals surface area (Å²) in [5, 5.41) is 0.113. The number of imidazole rings is 1. The van der Waals surface area contributed by atoms with Crippen molar-refractivity contribution in [3.05, 3.63) is 11.6 Å². The van der Waals surface area contributed by atoms with Gasteiger partial charge in [-0.05, 0) is 18.0 Å². The minimum atomic E-state index is -2.95. The highest BCUT2D eigenvalue weighted by molar-refractivity contribution is 7.91. The second-order valence-electron chi connectivity index (χ2n) is 4.41. The van der Waals surface area contributed by atoms with Crippen molar-refractivity contribution in [2.75, 3.05) is 29.5 Å². The van der Waals surface area contributed by atoms with E-state index in [0.717, 1.165) is 0 Å². The van der Waals surface area contributed by atoms with Crippen molar-refractivity contribution in [1.29, 1.82) is 0 Å². The molecule has 1 fully saturated rings. The first-order chi connectivity index (χ1) is 9.05. The number of halogens is 1. The Balaban J connectivity index is 2.02. The lowest BCUT2D eigenvalue weighted by molar-refractivity contribution is 0.597. The molecule has 0 atom stereocenters. The van der Waals surface area contributed by atoms with Crippen LogP contribution in [0.15, 0.2) is 6.33 Å². The molecule has 3 heterocycles. The van der Waals surface area contributed by atoms with E-state index in [1.807, 2.05) is 4.90 Å². The fourth-order valence-corrected chi connectivity index (χ4v) is 3.60. The Labute approximate surface area is 114 Å². The van der Waals surface area contributed by atoms with E-state index in [1.165, 1.54) is 6.33 Å². The molecule has 19 heavy (non-hydrogen) atoms. The van der Waals surface area contributed by atoms with Gasteiger partial charge in [0.2, 0.25) is 5.28 Å². The molecule has 102 valence electrons. The highest BCUT2D eigenvalue weighted by Crippen LogP contribution is 2.23. The van der Waals surface area contributed by atoms with E-state index in [4.69, 9.17) is 11.6 Å². The maximum atomic E-state index is 11.6. The predicted octanol–water partition coefficient (Wildman–Crippen LogP) is 0.631. The van der Waals surface area contributed by atoms with E-state index in [9.17, 15) is 8.42 Å². The van der Waals surface area contributed by atoms with E-state index in [-0.39, 0.29) is 16.8 Å². The molecule has 0 aromatic carbocycles. The monoisotopic (exact) mass is 301 g/mol. The van der Waals surface area contributed by atoms with Crippen molar-refractivity contribution >= 4 is 38.4 Å². The Morgan fingerprint density at radius 1 is 1.26 bits per heavy atom. The van der Waals surface area contributed by atoms with Gasteiger partial charge in [0, 0.05) is 13.1 Å². The molecule has 1 aliphatic heterocycles. The van der Waals surface area contributed by atoms with E-state index in [1.54, 1.807) is 0 Å². The number of fused-ring (bicyclic) bond motifs is 1. The third kappa shape index (κ3) is 2.50. The molecular formula is C10H12ClN5O2S. The molecule has 1 saturated heterocycles. The van der Waals surface area contributed by atoms with Gasteiger partial charge in [-0.2, -0.15) is 9.97 Å². The smallest absolute Gasteiger partial charge is 0.226 e. The van der Waals surface area contributed by atoms with E-state index in [0.29, 0.717) is 36.5 Å². The molecule has 0 spiro atoms. The summed E-state index contributed by atoms with van der Waals surface area (Å²) in [5.41, 5.74) is 1.17. The summed E-state index contributed by atoms with van der Waals surface area (Å²) in [4.78, 5) is 17.1. The van der Waals surface area contributed by atoms with E-state index < -0.39 is 9.84 Å². The van der Waals surface area contributed by atoms with Crippen LogP contribution in [0.2, 0.25) is 5.28 Å². The van der Waals surface area contributed by atoms with Gasteiger partial charge in [0.1, 0.15) is 5.52 Å². The molecule has 1 N–H and O–H groups in total. The van der Waals surface area contributed by atoms with Crippen LogP contribution in [0.25, 0.3) is 11.2 Å². The van der Waals surface area contributed by atoms with Gasteiger partial charge >= 0.3 is 0 Å². The maximum absolute atomic E-state index is 11.6. The van der Waals surface area contributed by atoms with Crippen LogP contribution < -0.4 is 4.90 Å². The summed E-state index contributed by atoms with van der Waals surface area (Å²) in [5.74, 6) is 0.961. The quantitative estimate of drug-likeness (QED) is 0.777. The minimum Gasteiger partial charge on any atom is -0.354 e. The first-order valence-electron chi connectivity index (χ1n) is 5.87. The number of anilines is 1. The van der Waals surface area contributed by atoms with Crippen LogP contribution in [0.3, 0.4) is 0 Å². The Morgan fingerprint density at radius 3 is 2.95 bits per heavy atom. The van der Waals surface area contributed by atoms with Crippen LogP contribution >= 0.6 is 11.6 Å². The lowest BCUT2D eigenvalue weighted by Gasteiger charge is -2.20. The van der Waals surface area contributed by atoms with E-state index >= 15 is 0 Å². The first kappa shape index (κ1) is 12.6. The lowest BCUT2D eigenvalue weighted by Crippen LogP contribution is -2.28. The largest absolute Gasteiger partial charge is 0.354 e. The molecule has 1 aliphatic rings. The molecule has 0 saturated carbocycles. The van der Waals surface area contributed by atoms with Crippen molar-refractivity contribution in [2.24, 2.45) is 0 Å². The lowest BCUT2D eigenvalue weighted by atomic mass is 10.3. The standard InChI is InChI=1S/C10H12ClN5O2S/c11-10-14-8-7(12-6-13-8)9(15-10)16-2-1-4-19(17,18)5-3-16/h6H,1-5H2,(H,12,13,14,15). The molecule has 2 aromatic rings. The second kappa shape index (κ2) is 4.61. The van der Waals surface area contributed by atoms with Gasteiger partial charge in [0.25, 0.3) is 0 Å². The predicted molar refractivity (Wildman–Crippen MR) is 72.2 cm³/mol. The van der Waals surface area contributed by atoms with Crippen molar-refractivity contribution in [2.45, 2.75) is 6.42 Å². The van der Waals surface area contributed by atoms with Crippen molar-refractivity contribution in [1.82, 2.24) is 19.9 Å². The van der Waals surface area contributed by atoms with Crippen molar-refractivity contribution in [3.63, 3.8) is 0 Å². The normalized spacial score (nSPS) is 19.5. The Bertz CT molecular complexity index is 714. The number of hydrogen-bond acceptors (Lipinski definition) is 6. The molecule has 0 amide bonds. The van der Waals surface area contributed by atoms with Crippen molar-refractivity contribution in [3.8, 4) is 0 Å². The van der Waals surface area contributed by atoms with Gasteiger partial charge in [-0.1, -0.05) is 0 Å². The number of hydrogen-bond donors (Lipinski definition) is 1. The number of aromatic nitrogens is 4. The third-order valence-electron chi connectivity index (χ3n) is 3.09. The summed E-state index contributed by atoms with van der Waals surface area (Å²) in [6.45, 7) is 1.03. The van der Waals surface area contributed by atoms with Crippen LogP contribution in [0.5, 0.6) is 0 Å². The zero-order chi connectivity index (χ0) is 13.5. The van der Waals surface area contributed by atoms with Gasteiger partial charge in [0.05, 0.1) is 17.8 Å². The summed E-state index contributed by atoms with van der Waals surface area (Å²) >= 11 is 5.88. The number of nitrogens with zero attached hydrogens (tertiary/aromatic N) is 4. The average Bonchev–Trinajstić information content (AvgIpc) is 2.72. The van der Waals surface area contributed by atoms with Crippen LogP contribution in [0, 0.1) is 0 Å². The Kier molecular flexibility index (Phi) is 3.06. The minimum absolute atomic E-state index is 0.113. The number of rotatable bonds is 1.